The second kappa shape index (κ2) is 10.3. The normalized spacial score (nSPS) is 10.0. The average molecular weight is 487 g/mol. The number of hydrazine groups is 1. The highest BCUT2D eigenvalue weighted by Crippen LogP contribution is 2.23. The summed E-state index contributed by atoms with van der Waals surface area (Å²) in [7, 11) is 1.46. The van der Waals surface area contributed by atoms with Gasteiger partial charge in [0.25, 0.3) is 11.8 Å². The summed E-state index contributed by atoms with van der Waals surface area (Å²) in [5.41, 5.74) is 5.90. The topological polar surface area (TPSA) is 88.7 Å². The van der Waals surface area contributed by atoms with E-state index in [-0.39, 0.29) is 17.3 Å². The molecule has 0 heterocycles. The summed E-state index contributed by atoms with van der Waals surface area (Å²) in [6.45, 7) is 1.59. The third kappa shape index (κ3) is 6.36. The number of ether oxygens (including phenoxy) is 2. The molecule has 10 heteroatoms. The number of carbonyl (C=O) groups is 2. The lowest BCUT2D eigenvalue weighted by molar-refractivity contribution is -0.123. The van der Waals surface area contributed by atoms with E-state index in [0.29, 0.717) is 21.0 Å². The molecule has 28 heavy (non-hydrogen) atoms. The maximum Gasteiger partial charge on any atom is 0.276 e. The maximum absolute atomic E-state index is 12.3. The molecule has 2 rings (SSSR count). The number of thiocarbonyl (C=S) groups is 1. The van der Waals surface area contributed by atoms with Crippen molar-refractivity contribution in [2.24, 2.45) is 0 Å². The number of methoxy groups -OCH3 is 1. The average Bonchev–Trinajstić information content (AvgIpc) is 2.67. The lowest BCUT2D eigenvalue weighted by Gasteiger charge is -2.13. The first-order chi connectivity index (χ1) is 13.3. The molecule has 0 saturated carbocycles. The van der Waals surface area contributed by atoms with Crippen molar-refractivity contribution < 1.29 is 19.1 Å². The van der Waals surface area contributed by atoms with Gasteiger partial charge in [0.15, 0.2) is 11.7 Å². The number of aryl methyl sites for hydroxylation is 1. The zero-order valence-electron chi connectivity index (χ0n) is 15.0. The van der Waals surface area contributed by atoms with Crippen LogP contribution in [0.25, 0.3) is 0 Å². The molecule has 0 fully saturated rings. The second-order valence-electron chi connectivity index (χ2n) is 5.50. The molecule has 2 amide bonds. The largest absolute Gasteiger partial charge is 0.496 e. The van der Waals surface area contributed by atoms with Crippen LogP contribution >= 0.6 is 39.7 Å². The second-order valence-corrected chi connectivity index (χ2v) is 7.23. The predicted molar refractivity (Wildman–Crippen MR) is 114 cm³/mol. The van der Waals surface area contributed by atoms with Crippen molar-refractivity contribution >= 4 is 56.7 Å². The van der Waals surface area contributed by atoms with Gasteiger partial charge in [0.1, 0.15) is 11.5 Å². The van der Waals surface area contributed by atoms with Crippen molar-refractivity contribution in [3.63, 3.8) is 0 Å². The van der Waals surface area contributed by atoms with Crippen molar-refractivity contribution in [2.45, 2.75) is 6.92 Å². The third-order valence-corrected chi connectivity index (χ3v) is 4.57. The van der Waals surface area contributed by atoms with Crippen LogP contribution in [0.3, 0.4) is 0 Å². The van der Waals surface area contributed by atoms with Crippen molar-refractivity contribution in [3.05, 3.63) is 57.0 Å². The van der Waals surface area contributed by atoms with Gasteiger partial charge in [0, 0.05) is 9.50 Å². The van der Waals surface area contributed by atoms with Gasteiger partial charge < -0.3 is 9.47 Å². The summed E-state index contributed by atoms with van der Waals surface area (Å²) >= 11 is 14.2. The molecular weight excluding hydrogens is 470 g/mol. The van der Waals surface area contributed by atoms with E-state index in [1.54, 1.807) is 36.4 Å². The minimum atomic E-state index is -0.488. The Balaban J connectivity index is 1.81. The standard InChI is InChI=1S/C18H17BrClN3O4S/c1-10-7-12(4-5-14(10)20)27-9-16(24)22-23-18(28)21-17(25)13-8-11(19)3-6-15(13)26-2/h3-8H,9H2,1-2H3,(H,22,24)(H2,21,23,25,28). The summed E-state index contributed by atoms with van der Waals surface area (Å²) in [6.07, 6.45) is 0. The van der Waals surface area contributed by atoms with Crippen molar-refractivity contribution in [1.29, 1.82) is 0 Å². The molecule has 0 radical (unpaired) electrons. The van der Waals surface area contributed by atoms with Gasteiger partial charge in [-0.3, -0.25) is 25.8 Å². The van der Waals surface area contributed by atoms with Crippen LogP contribution in [0.5, 0.6) is 11.5 Å². The van der Waals surface area contributed by atoms with Crippen LogP contribution in [0.1, 0.15) is 15.9 Å². The zero-order chi connectivity index (χ0) is 20.7. The van der Waals surface area contributed by atoms with E-state index in [1.165, 1.54) is 7.11 Å². The number of hydrogen-bond acceptors (Lipinski definition) is 5. The molecule has 0 aliphatic carbocycles. The zero-order valence-corrected chi connectivity index (χ0v) is 18.1. The minimum absolute atomic E-state index is 0.0808. The van der Waals surface area contributed by atoms with E-state index in [0.717, 1.165) is 5.56 Å². The molecule has 3 N–H and O–H groups in total. The number of nitrogens with one attached hydrogen (secondary N) is 3. The van der Waals surface area contributed by atoms with E-state index >= 15 is 0 Å². The molecule has 7 nitrogen and oxygen atoms in total. The Hall–Kier alpha value is -2.36. The molecule has 0 bridgehead atoms. The Kier molecular flexibility index (Phi) is 8.04. The fourth-order valence-electron chi connectivity index (χ4n) is 2.08. The van der Waals surface area contributed by atoms with Gasteiger partial charge in [-0.25, -0.2) is 0 Å². The number of rotatable bonds is 5. The molecule has 0 saturated heterocycles. The van der Waals surface area contributed by atoms with E-state index < -0.39 is 11.8 Å². The van der Waals surface area contributed by atoms with E-state index in [2.05, 4.69) is 32.1 Å². The van der Waals surface area contributed by atoms with E-state index in [1.807, 2.05) is 6.92 Å². The van der Waals surface area contributed by atoms with Crippen molar-refractivity contribution in [1.82, 2.24) is 16.2 Å². The van der Waals surface area contributed by atoms with Gasteiger partial charge in [-0.1, -0.05) is 27.5 Å². The van der Waals surface area contributed by atoms with Crippen molar-refractivity contribution in [3.8, 4) is 11.5 Å². The smallest absolute Gasteiger partial charge is 0.276 e. The first-order valence-electron chi connectivity index (χ1n) is 7.93. The van der Waals surface area contributed by atoms with Gasteiger partial charge >= 0.3 is 0 Å². The Morgan fingerprint density at radius 3 is 2.61 bits per heavy atom. The molecule has 2 aromatic carbocycles. The molecule has 148 valence electrons. The van der Waals surface area contributed by atoms with Crippen LogP contribution in [0.2, 0.25) is 5.02 Å². The van der Waals surface area contributed by atoms with Crippen LogP contribution in [-0.2, 0) is 4.79 Å². The molecular formula is C18H17BrClN3O4S. The molecule has 0 aliphatic rings. The summed E-state index contributed by atoms with van der Waals surface area (Å²) in [6, 6.07) is 10.0. The minimum Gasteiger partial charge on any atom is -0.496 e. The first kappa shape index (κ1) is 21.9. The summed E-state index contributed by atoms with van der Waals surface area (Å²) in [5.74, 6) is -0.0732. The summed E-state index contributed by atoms with van der Waals surface area (Å²) in [4.78, 5) is 24.2. The SMILES string of the molecule is COc1ccc(Br)cc1C(=O)NC(=S)NNC(=O)COc1ccc(Cl)c(C)c1. The van der Waals surface area contributed by atoms with Crippen LogP contribution in [0.4, 0.5) is 0 Å². The third-order valence-electron chi connectivity index (χ3n) is 3.45. The maximum atomic E-state index is 12.3. The van der Waals surface area contributed by atoms with Crippen molar-refractivity contribution in [2.75, 3.05) is 13.7 Å². The summed E-state index contributed by atoms with van der Waals surface area (Å²) in [5, 5.41) is 2.98. The Labute approximate surface area is 180 Å². The fourth-order valence-corrected chi connectivity index (χ4v) is 2.70. The van der Waals surface area contributed by atoms with Gasteiger partial charge in [-0.05, 0) is 61.1 Å². The highest BCUT2D eigenvalue weighted by atomic mass is 79.9. The van der Waals surface area contributed by atoms with Crippen LogP contribution in [0, 0.1) is 6.92 Å². The highest BCUT2D eigenvalue weighted by Gasteiger charge is 2.14. The number of halogens is 2. The number of carbonyl (C=O) groups excluding carboxylic acids is 2. The van der Waals surface area contributed by atoms with E-state index in [4.69, 9.17) is 33.3 Å². The Bertz CT molecular complexity index is 910. The molecule has 2 aromatic rings. The highest BCUT2D eigenvalue weighted by molar-refractivity contribution is 9.10. The molecule has 0 aliphatic heterocycles. The molecule has 0 spiro atoms. The van der Waals surface area contributed by atoms with Crippen LogP contribution < -0.4 is 25.6 Å². The van der Waals surface area contributed by atoms with Crippen LogP contribution in [-0.4, -0.2) is 30.6 Å². The quantitative estimate of drug-likeness (QED) is 0.444. The lowest BCUT2D eigenvalue weighted by atomic mass is 10.2. The monoisotopic (exact) mass is 485 g/mol. The molecule has 0 aromatic heterocycles. The van der Waals surface area contributed by atoms with E-state index in [9.17, 15) is 9.59 Å². The number of benzene rings is 2. The Morgan fingerprint density at radius 2 is 1.93 bits per heavy atom. The number of hydrogen-bond donors (Lipinski definition) is 3. The fraction of sp³-hybridized carbons (Fsp3) is 0.167. The Morgan fingerprint density at radius 1 is 1.18 bits per heavy atom. The van der Waals surface area contributed by atoms with Crippen LogP contribution in [0.15, 0.2) is 40.9 Å². The summed E-state index contributed by atoms with van der Waals surface area (Å²) < 4.78 is 11.2. The van der Waals surface area contributed by atoms with Gasteiger partial charge in [0.2, 0.25) is 0 Å². The lowest BCUT2D eigenvalue weighted by Crippen LogP contribution is -2.49. The van der Waals surface area contributed by atoms with Gasteiger partial charge in [-0.2, -0.15) is 0 Å². The van der Waals surface area contributed by atoms with Gasteiger partial charge in [-0.15, -0.1) is 0 Å². The number of amides is 2. The van der Waals surface area contributed by atoms with Gasteiger partial charge in [0.05, 0.1) is 12.7 Å². The first-order valence-corrected chi connectivity index (χ1v) is 9.50. The predicted octanol–water partition coefficient (Wildman–Crippen LogP) is 3.13. The molecule has 0 unspecified atom stereocenters. The molecule has 0 atom stereocenters.